The van der Waals surface area contributed by atoms with Crippen LogP contribution in [-0.2, 0) is 11.3 Å². The van der Waals surface area contributed by atoms with Crippen LogP contribution in [0.1, 0.15) is 33.6 Å². The van der Waals surface area contributed by atoms with Gasteiger partial charge in [-0.25, -0.2) is 0 Å². The Kier molecular flexibility index (Phi) is 4.82. The smallest absolute Gasteiger partial charge is 0.253 e. The normalized spacial score (nSPS) is 16.6. The highest BCUT2D eigenvalue weighted by atomic mass is 16.2. The molecular formula is C23H23N3O2. The van der Waals surface area contributed by atoms with Crippen LogP contribution < -0.4 is 5.32 Å². The topological polar surface area (TPSA) is 62.3 Å². The summed E-state index contributed by atoms with van der Waals surface area (Å²) in [6.07, 6.45) is 1.93. The maximum atomic E-state index is 12.6. The molecule has 0 aliphatic carbocycles. The number of benzene rings is 2. The Bertz CT molecular complexity index is 1060. The molecule has 5 nitrogen and oxygen atoms in total. The quantitative estimate of drug-likeness (QED) is 0.763. The van der Waals surface area contributed by atoms with E-state index in [2.05, 4.69) is 34.6 Å². The summed E-state index contributed by atoms with van der Waals surface area (Å²) in [4.78, 5) is 31.2. The molecule has 2 aromatic carbocycles. The van der Waals surface area contributed by atoms with Crippen molar-refractivity contribution < 1.29 is 9.59 Å². The predicted octanol–water partition coefficient (Wildman–Crippen LogP) is 3.38. The van der Waals surface area contributed by atoms with Gasteiger partial charge in [0.1, 0.15) is 0 Å². The summed E-state index contributed by atoms with van der Waals surface area (Å²) in [6.45, 7) is 4.87. The lowest BCUT2D eigenvalue weighted by molar-refractivity contribution is -0.128. The number of nitrogens with one attached hydrogen (secondary N) is 1. The number of aromatic nitrogens is 1. The summed E-state index contributed by atoms with van der Waals surface area (Å²) in [5.74, 6) is -0.105. The van der Waals surface area contributed by atoms with E-state index in [1.807, 2.05) is 43.0 Å². The van der Waals surface area contributed by atoms with Gasteiger partial charge in [0.25, 0.3) is 5.91 Å². The average Bonchev–Trinajstić information content (AvgIpc) is 3.00. The summed E-state index contributed by atoms with van der Waals surface area (Å²) in [5, 5.41) is 5.32. The molecule has 1 aromatic heterocycles. The lowest BCUT2D eigenvalue weighted by Gasteiger charge is -2.18. The minimum Gasteiger partial charge on any atom is -0.347 e. The second-order valence-corrected chi connectivity index (χ2v) is 7.43. The number of aryl methyl sites for hydroxylation is 2. The van der Waals surface area contributed by atoms with E-state index >= 15 is 0 Å². The van der Waals surface area contributed by atoms with Crippen LogP contribution in [0.2, 0.25) is 0 Å². The molecule has 1 saturated heterocycles. The van der Waals surface area contributed by atoms with Crippen LogP contribution in [0.5, 0.6) is 0 Å². The van der Waals surface area contributed by atoms with Crippen molar-refractivity contribution in [1.82, 2.24) is 15.2 Å². The van der Waals surface area contributed by atoms with Crippen LogP contribution >= 0.6 is 0 Å². The molecule has 0 radical (unpaired) electrons. The van der Waals surface area contributed by atoms with E-state index in [-0.39, 0.29) is 17.9 Å². The molecule has 1 N–H and O–H groups in total. The monoisotopic (exact) mass is 373 g/mol. The molecule has 142 valence electrons. The third kappa shape index (κ3) is 3.60. The van der Waals surface area contributed by atoms with Gasteiger partial charge >= 0.3 is 0 Å². The van der Waals surface area contributed by atoms with Gasteiger partial charge in [0, 0.05) is 31.4 Å². The SMILES string of the molecule is Cc1cc(C)c(C(=O)NC2CC(=O)N(Cc3cccc4ccccc34)C2)cn1. The second kappa shape index (κ2) is 7.43. The Morgan fingerprint density at radius 3 is 2.79 bits per heavy atom. The molecule has 0 spiro atoms. The lowest BCUT2D eigenvalue weighted by atomic mass is 10.0. The first-order valence-electron chi connectivity index (χ1n) is 9.50. The van der Waals surface area contributed by atoms with Crippen molar-refractivity contribution in [2.24, 2.45) is 0 Å². The minimum absolute atomic E-state index is 0.0667. The van der Waals surface area contributed by atoms with Crippen LogP contribution in [0.3, 0.4) is 0 Å². The number of rotatable bonds is 4. The zero-order chi connectivity index (χ0) is 19.7. The van der Waals surface area contributed by atoms with Gasteiger partial charge in [-0.3, -0.25) is 14.6 Å². The highest BCUT2D eigenvalue weighted by Crippen LogP contribution is 2.22. The summed E-state index contributed by atoms with van der Waals surface area (Å²) >= 11 is 0. The van der Waals surface area contributed by atoms with E-state index in [0.29, 0.717) is 25.1 Å². The Hall–Kier alpha value is -3.21. The first kappa shape index (κ1) is 18.2. The third-order valence-electron chi connectivity index (χ3n) is 5.28. The van der Waals surface area contributed by atoms with E-state index in [9.17, 15) is 9.59 Å². The van der Waals surface area contributed by atoms with Crippen molar-refractivity contribution in [2.75, 3.05) is 6.54 Å². The number of hydrogen-bond acceptors (Lipinski definition) is 3. The fourth-order valence-corrected chi connectivity index (χ4v) is 3.86. The van der Waals surface area contributed by atoms with Crippen LogP contribution in [0.15, 0.2) is 54.7 Å². The number of carbonyl (C=O) groups excluding carboxylic acids is 2. The molecule has 1 atom stereocenters. The number of carbonyl (C=O) groups is 2. The number of fused-ring (bicyclic) bond motifs is 1. The molecule has 1 aliphatic rings. The van der Waals surface area contributed by atoms with Crippen molar-refractivity contribution in [2.45, 2.75) is 32.9 Å². The van der Waals surface area contributed by atoms with Gasteiger partial charge in [-0.2, -0.15) is 0 Å². The Morgan fingerprint density at radius 1 is 1.18 bits per heavy atom. The predicted molar refractivity (Wildman–Crippen MR) is 109 cm³/mol. The zero-order valence-corrected chi connectivity index (χ0v) is 16.1. The number of pyridine rings is 1. The summed E-state index contributed by atoms with van der Waals surface area (Å²) in [7, 11) is 0. The zero-order valence-electron chi connectivity index (χ0n) is 16.1. The summed E-state index contributed by atoms with van der Waals surface area (Å²) in [5.41, 5.74) is 3.45. The van der Waals surface area contributed by atoms with E-state index in [1.54, 1.807) is 6.20 Å². The van der Waals surface area contributed by atoms with Crippen LogP contribution in [0.4, 0.5) is 0 Å². The number of likely N-dealkylation sites (tertiary alicyclic amines) is 1. The van der Waals surface area contributed by atoms with Gasteiger partial charge in [0.2, 0.25) is 5.91 Å². The van der Waals surface area contributed by atoms with E-state index in [4.69, 9.17) is 0 Å². The number of nitrogens with zero attached hydrogens (tertiary/aromatic N) is 2. The van der Waals surface area contributed by atoms with Crippen molar-refractivity contribution >= 4 is 22.6 Å². The second-order valence-electron chi connectivity index (χ2n) is 7.43. The molecule has 3 aromatic rings. The minimum atomic E-state index is -0.185. The highest BCUT2D eigenvalue weighted by molar-refractivity contribution is 5.96. The van der Waals surface area contributed by atoms with Crippen LogP contribution in [-0.4, -0.2) is 34.3 Å². The van der Waals surface area contributed by atoms with Crippen molar-refractivity contribution in [3.8, 4) is 0 Å². The maximum Gasteiger partial charge on any atom is 0.253 e. The molecule has 2 heterocycles. The molecule has 1 aliphatic heterocycles. The average molecular weight is 373 g/mol. The molecule has 0 bridgehead atoms. The molecule has 0 saturated carbocycles. The van der Waals surface area contributed by atoms with Gasteiger partial charge < -0.3 is 10.2 Å². The molecule has 5 heteroatoms. The standard InChI is InChI=1S/C23H23N3O2/c1-15-10-16(2)24-12-21(15)23(28)25-19-11-22(27)26(14-19)13-18-8-5-7-17-6-3-4-9-20(17)18/h3-10,12,19H,11,13-14H2,1-2H3,(H,25,28). The first-order valence-corrected chi connectivity index (χ1v) is 9.50. The molecule has 2 amide bonds. The van der Waals surface area contributed by atoms with Gasteiger partial charge in [-0.15, -0.1) is 0 Å². The highest BCUT2D eigenvalue weighted by Gasteiger charge is 2.31. The third-order valence-corrected chi connectivity index (χ3v) is 5.28. The Labute approximate surface area is 164 Å². The fourth-order valence-electron chi connectivity index (χ4n) is 3.86. The van der Waals surface area contributed by atoms with Crippen LogP contribution in [0, 0.1) is 13.8 Å². The summed E-state index contributed by atoms with van der Waals surface area (Å²) < 4.78 is 0. The van der Waals surface area contributed by atoms with Crippen molar-refractivity contribution in [3.63, 3.8) is 0 Å². The van der Waals surface area contributed by atoms with E-state index < -0.39 is 0 Å². The molecule has 1 unspecified atom stereocenters. The van der Waals surface area contributed by atoms with Gasteiger partial charge in [0.05, 0.1) is 11.6 Å². The largest absolute Gasteiger partial charge is 0.347 e. The van der Waals surface area contributed by atoms with E-state index in [0.717, 1.165) is 22.2 Å². The maximum absolute atomic E-state index is 12.6. The van der Waals surface area contributed by atoms with E-state index in [1.165, 1.54) is 5.39 Å². The number of amides is 2. The molecule has 1 fully saturated rings. The molecule has 4 rings (SSSR count). The molecular weight excluding hydrogens is 350 g/mol. The first-order chi connectivity index (χ1) is 13.5. The van der Waals surface area contributed by atoms with Gasteiger partial charge in [-0.05, 0) is 41.8 Å². The molecule has 28 heavy (non-hydrogen) atoms. The van der Waals surface area contributed by atoms with Crippen molar-refractivity contribution in [3.05, 3.63) is 77.1 Å². The van der Waals surface area contributed by atoms with Gasteiger partial charge in [0.15, 0.2) is 0 Å². The van der Waals surface area contributed by atoms with Crippen LogP contribution in [0.25, 0.3) is 10.8 Å². The Morgan fingerprint density at radius 2 is 1.96 bits per heavy atom. The summed E-state index contributed by atoms with van der Waals surface area (Å²) in [6, 6.07) is 16.0. The number of hydrogen-bond donors (Lipinski definition) is 1. The van der Waals surface area contributed by atoms with Crippen molar-refractivity contribution in [1.29, 1.82) is 0 Å². The fraction of sp³-hybridized carbons (Fsp3) is 0.261. The van der Waals surface area contributed by atoms with Gasteiger partial charge in [-0.1, -0.05) is 42.5 Å². The Balaban J connectivity index is 1.46. The lowest BCUT2D eigenvalue weighted by Crippen LogP contribution is -2.37.